The van der Waals surface area contributed by atoms with Crippen molar-refractivity contribution in [3.8, 4) is 17.2 Å². The van der Waals surface area contributed by atoms with Crippen molar-refractivity contribution in [2.45, 2.75) is 68.5 Å². The number of aryl methyl sites for hydroxylation is 1. The number of pyridine rings is 1. The minimum atomic E-state index is -4.63. The highest BCUT2D eigenvalue weighted by Gasteiger charge is 2.50. The number of piperidine rings is 1. The monoisotopic (exact) mass is 889 g/mol. The van der Waals surface area contributed by atoms with Gasteiger partial charge in [-0.25, -0.2) is 18.1 Å². The van der Waals surface area contributed by atoms with Gasteiger partial charge in [-0.3, -0.25) is 24.7 Å². The first-order valence-electron chi connectivity index (χ1n) is 22.4. The number of sulfonamides is 1. The third-order valence-corrected chi connectivity index (χ3v) is 15.6. The Balaban J connectivity index is 0.853. The molecule has 10 rings (SSSR count). The van der Waals surface area contributed by atoms with E-state index in [1.54, 1.807) is 30.6 Å². The molecule has 6 heterocycles. The molecule has 1 aliphatic carbocycles. The molecule has 17 heteroatoms. The van der Waals surface area contributed by atoms with Crippen molar-refractivity contribution in [1.29, 1.82) is 0 Å². The number of hydrogen-bond acceptors (Lipinski definition) is 13. The van der Waals surface area contributed by atoms with Crippen LogP contribution in [0.3, 0.4) is 0 Å². The number of likely N-dealkylation sites (tertiary alicyclic amines) is 1. The van der Waals surface area contributed by atoms with Gasteiger partial charge in [-0.15, -0.1) is 0 Å². The Kier molecular flexibility index (Phi) is 11.2. The minimum Gasteiger partial charge on any atom is -0.489 e. The summed E-state index contributed by atoms with van der Waals surface area (Å²) in [7, 11) is -2.56. The van der Waals surface area contributed by atoms with E-state index in [-0.39, 0.29) is 35.4 Å². The first-order valence-corrected chi connectivity index (χ1v) is 23.9. The standard InChI is InChI=1S/C47H55N9O7S/c1-31-6-3-4-7-38(31)40-8-5-15-55(40)35-26-47(27-35)12-16-54(17-13-47)34-9-10-39(42(23-34)63-36-22-32-11-14-48-45(32)49-28-36)46(57)51-64(60,61)37-24-41(56(58)59)44-43(25-37)62-30-33(50-44)29-53-20-18-52(2)19-21-53/h3-4,6-7,9-11,14,22-25,28,33,35,40,50H,5,8,12-13,15-21,26-27,29-30H2,1-2H3,(H,48,49)(H,51,57)/t33-,40+/m1/s1. The van der Waals surface area contributed by atoms with Crippen LogP contribution in [0.1, 0.15) is 66.1 Å². The lowest BCUT2D eigenvalue weighted by Gasteiger charge is -2.56. The highest BCUT2D eigenvalue weighted by atomic mass is 32.2. The first kappa shape index (κ1) is 42.2. The zero-order chi connectivity index (χ0) is 44.2. The lowest BCUT2D eigenvalue weighted by Crippen LogP contribution is -2.54. The molecular formula is C47H55N9O7S. The summed E-state index contributed by atoms with van der Waals surface area (Å²) in [6, 6.07) is 20.7. The predicted octanol–water partition coefficient (Wildman–Crippen LogP) is 6.70. The number of likely N-dealkylation sites (N-methyl/N-ethyl adjacent to an activating group) is 1. The van der Waals surface area contributed by atoms with Crippen LogP contribution in [0.15, 0.2) is 84.0 Å². The summed E-state index contributed by atoms with van der Waals surface area (Å²) in [5.74, 6) is -0.405. The van der Waals surface area contributed by atoms with Crippen molar-refractivity contribution < 1.29 is 27.6 Å². The molecule has 4 aliphatic heterocycles. The van der Waals surface area contributed by atoms with Gasteiger partial charge < -0.3 is 29.6 Å². The Morgan fingerprint density at radius 1 is 1.02 bits per heavy atom. The number of nitrogens with one attached hydrogen (secondary N) is 3. The number of carbonyl (C=O) groups is 1. The molecule has 336 valence electrons. The topological polar surface area (TPSA) is 179 Å². The SMILES string of the molecule is Cc1ccccc1[C@@H]1CCCN1C1CC2(CCN(c3ccc(C(=O)NS(=O)(=O)c4cc5c(c([N+](=O)[O-])c4)N[C@H](CN4CCN(C)CC4)CO5)c(Oc4cnc5[nH]ccc5c4)c3)CC2)C1. The zero-order valence-corrected chi connectivity index (χ0v) is 37.1. The van der Waals surface area contributed by atoms with Gasteiger partial charge in [0.15, 0.2) is 11.4 Å². The van der Waals surface area contributed by atoms with E-state index in [9.17, 15) is 23.3 Å². The van der Waals surface area contributed by atoms with E-state index in [4.69, 9.17) is 9.47 Å². The van der Waals surface area contributed by atoms with Crippen LogP contribution in [0.2, 0.25) is 0 Å². The smallest absolute Gasteiger partial charge is 0.297 e. The number of rotatable bonds is 11. The Hall–Kier alpha value is -5.75. The number of aromatic nitrogens is 2. The van der Waals surface area contributed by atoms with E-state index >= 15 is 0 Å². The van der Waals surface area contributed by atoms with E-state index in [1.165, 1.54) is 42.9 Å². The molecule has 2 aromatic heterocycles. The highest BCUT2D eigenvalue weighted by Crippen LogP contribution is 2.54. The second kappa shape index (κ2) is 17.0. The van der Waals surface area contributed by atoms with Crippen LogP contribution in [0.5, 0.6) is 17.2 Å². The molecule has 0 bridgehead atoms. The molecule has 5 aliphatic rings. The molecule has 16 nitrogen and oxygen atoms in total. The molecule has 1 saturated carbocycles. The van der Waals surface area contributed by atoms with Crippen LogP contribution in [-0.2, 0) is 10.0 Å². The van der Waals surface area contributed by atoms with Crippen LogP contribution in [0, 0.1) is 22.5 Å². The van der Waals surface area contributed by atoms with E-state index < -0.39 is 31.4 Å². The van der Waals surface area contributed by atoms with E-state index in [2.05, 4.69) is 77.8 Å². The Bertz CT molecular complexity index is 2690. The number of fused-ring (bicyclic) bond motifs is 2. The van der Waals surface area contributed by atoms with Gasteiger partial charge in [-0.2, -0.15) is 0 Å². The number of H-pyrrole nitrogens is 1. The van der Waals surface area contributed by atoms with E-state index in [0.29, 0.717) is 35.4 Å². The number of aromatic amines is 1. The van der Waals surface area contributed by atoms with Crippen molar-refractivity contribution in [3.63, 3.8) is 0 Å². The molecule has 5 aromatic rings. The molecule has 1 amide bonds. The summed E-state index contributed by atoms with van der Waals surface area (Å²) in [5.41, 5.74) is 4.30. The second-order valence-electron chi connectivity index (χ2n) is 18.4. The average Bonchev–Trinajstić information content (AvgIpc) is 3.96. The second-order valence-corrected chi connectivity index (χ2v) is 20.1. The largest absolute Gasteiger partial charge is 0.489 e. The lowest BCUT2D eigenvalue weighted by molar-refractivity contribution is -0.384. The van der Waals surface area contributed by atoms with Crippen LogP contribution < -0.4 is 24.4 Å². The number of carbonyl (C=O) groups excluding carboxylic acids is 1. The lowest BCUT2D eigenvalue weighted by atomic mass is 9.59. The Morgan fingerprint density at radius 3 is 2.59 bits per heavy atom. The van der Waals surface area contributed by atoms with Crippen molar-refractivity contribution in [1.82, 2.24) is 29.4 Å². The summed E-state index contributed by atoms with van der Waals surface area (Å²) in [5, 5.41) is 16.4. The van der Waals surface area contributed by atoms with Crippen LogP contribution in [0.25, 0.3) is 11.0 Å². The van der Waals surface area contributed by atoms with Crippen molar-refractivity contribution in [2.75, 3.05) is 76.2 Å². The number of nitro benzene ring substituents is 1. The summed E-state index contributed by atoms with van der Waals surface area (Å²) < 4.78 is 42.3. The van der Waals surface area contributed by atoms with Crippen molar-refractivity contribution in [3.05, 3.63) is 106 Å². The van der Waals surface area contributed by atoms with Crippen LogP contribution >= 0.6 is 0 Å². The van der Waals surface area contributed by atoms with Gasteiger partial charge in [-0.1, -0.05) is 24.3 Å². The van der Waals surface area contributed by atoms with Gasteiger partial charge in [0.2, 0.25) is 0 Å². The molecule has 64 heavy (non-hydrogen) atoms. The normalized spacial score (nSPS) is 21.8. The zero-order valence-electron chi connectivity index (χ0n) is 36.3. The van der Waals surface area contributed by atoms with Crippen LogP contribution in [-0.4, -0.2) is 122 Å². The number of ether oxygens (including phenoxy) is 2. The molecular weight excluding hydrogens is 835 g/mol. The number of nitrogens with zero attached hydrogens (tertiary/aromatic N) is 6. The van der Waals surface area contributed by atoms with Crippen LogP contribution in [0.4, 0.5) is 17.1 Å². The molecule has 0 unspecified atom stereocenters. The molecule has 0 radical (unpaired) electrons. The van der Waals surface area contributed by atoms with E-state index in [0.717, 1.165) is 75.8 Å². The maximum Gasteiger partial charge on any atom is 0.297 e. The average molecular weight is 890 g/mol. The number of piperazine rings is 1. The predicted molar refractivity (Wildman–Crippen MR) is 244 cm³/mol. The summed E-state index contributed by atoms with van der Waals surface area (Å²) in [4.78, 5) is 42.4. The molecule has 3 saturated heterocycles. The quantitative estimate of drug-likeness (QED) is 0.0944. The number of benzene rings is 3. The first-order chi connectivity index (χ1) is 30.9. The summed E-state index contributed by atoms with van der Waals surface area (Å²) >= 11 is 0. The number of amides is 1. The van der Waals surface area contributed by atoms with Gasteiger partial charge >= 0.3 is 0 Å². The van der Waals surface area contributed by atoms with Gasteiger partial charge in [0, 0.05) is 93.4 Å². The van der Waals surface area contributed by atoms with Gasteiger partial charge in [0.1, 0.15) is 23.8 Å². The Morgan fingerprint density at radius 2 is 1.81 bits per heavy atom. The maximum atomic E-state index is 14.1. The third-order valence-electron chi connectivity index (χ3n) is 14.3. The minimum absolute atomic E-state index is 0.0252. The van der Waals surface area contributed by atoms with Gasteiger partial charge in [0.05, 0.1) is 27.6 Å². The molecule has 4 fully saturated rings. The third kappa shape index (κ3) is 8.37. The van der Waals surface area contributed by atoms with Gasteiger partial charge in [0.25, 0.3) is 21.6 Å². The number of anilines is 2. The fraction of sp³-hybridized carbons (Fsp3) is 0.447. The van der Waals surface area contributed by atoms with Crippen molar-refractivity contribution >= 4 is 44.0 Å². The molecule has 3 aromatic carbocycles. The number of nitro groups is 1. The fourth-order valence-electron chi connectivity index (χ4n) is 10.7. The number of hydrogen-bond donors (Lipinski definition) is 3. The highest BCUT2D eigenvalue weighted by molar-refractivity contribution is 7.90. The maximum absolute atomic E-state index is 14.1. The molecule has 3 N–H and O–H groups in total. The van der Waals surface area contributed by atoms with Crippen molar-refractivity contribution in [2.24, 2.45) is 5.41 Å². The summed E-state index contributed by atoms with van der Waals surface area (Å²) in [6.45, 7) is 9.44. The Labute approximate surface area is 373 Å². The molecule has 1 spiro atoms. The molecule has 2 atom stereocenters. The summed E-state index contributed by atoms with van der Waals surface area (Å²) in [6.07, 6.45) is 10.3. The van der Waals surface area contributed by atoms with Gasteiger partial charge in [-0.05, 0) is 99.8 Å². The van der Waals surface area contributed by atoms with E-state index in [1.807, 2.05) is 12.1 Å². The fourth-order valence-corrected chi connectivity index (χ4v) is 11.7.